The van der Waals surface area contributed by atoms with Gasteiger partial charge >= 0.3 is 12.1 Å². The van der Waals surface area contributed by atoms with Crippen LogP contribution in [0, 0.1) is 0 Å². The highest BCUT2D eigenvalue weighted by molar-refractivity contribution is 6.01. The largest absolute Gasteiger partial charge is 0.452 e. The van der Waals surface area contributed by atoms with E-state index in [9.17, 15) is 14.4 Å². The van der Waals surface area contributed by atoms with Crippen molar-refractivity contribution >= 4 is 29.3 Å². The van der Waals surface area contributed by atoms with E-state index in [0.29, 0.717) is 17.3 Å². The van der Waals surface area contributed by atoms with Crippen molar-refractivity contribution in [1.29, 1.82) is 0 Å². The minimum absolute atomic E-state index is 0.157. The van der Waals surface area contributed by atoms with E-state index in [2.05, 4.69) is 23.9 Å². The number of esters is 1. The minimum atomic E-state index is -0.711. The first-order valence-electron chi connectivity index (χ1n) is 8.81. The van der Waals surface area contributed by atoms with Crippen LogP contribution in [0.15, 0.2) is 48.5 Å². The van der Waals surface area contributed by atoms with Gasteiger partial charge in [0.2, 0.25) is 0 Å². The maximum Gasteiger partial charge on any atom is 0.413 e. The number of nitrogens with one attached hydrogen (secondary N) is 1. The van der Waals surface area contributed by atoms with Gasteiger partial charge in [-0.1, -0.05) is 38.1 Å². The molecule has 0 fully saturated rings. The summed E-state index contributed by atoms with van der Waals surface area (Å²) >= 11 is 0. The Labute approximate surface area is 164 Å². The van der Waals surface area contributed by atoms with E-state index in [1.165, 1.54) is 25.1 Å². The zero-order valence-corrected chi connectivity index (χ0v) is 16.4. The van der Waals surface area contributed by atoms with Gasteiger partial charge in [-0.2, -0.15) is 0 Å². The van der Waals surface area contributed by atoms with Crippen LogP contribution in [-0.2, 0) is 14.3 Å². The molecule has 0 saturated carbocycles. The van der Waals surface area contributed by atoms with E-state index in [1.807, 2.05) is 12.1 Å². The van der Waals surface area contributed by atoms with Crippen LogP contribution in [0.5, 0.6) is 0 Å². The molecule has 0 aliphatic carbocycles. The van der Waals surface area contributed by atoms with Crippen molar-refractivity contribution in [2.45, 2.75) is 19.8 Å². The van der Waals surface area contributed by atoms with Gasteiger partial charge in [0.05, 0.1) is 18.4 Å². The topological polar surface area (TPSA) is 84.9 Å². The molecule has 2 rings (SSSR count). The molecule has 148 valence electrons. The monoisotopic (exact) mass is 384 g/mol. The van der Waals surface area contributed by atoms with Crippen molar-refractivity contribution in [3.05, 3.63) is 59.7 Å². The fourth-order valence-electron chi connectivity index (χ4n) is 2.53. The lowest BCUT2D eigenvalue weighted by atomic mass is 10.0. The molecule has 7 heteroatoms. The number of para-hydroxylation sites is 1. The van der Waals surface area contributed by atoms with Gasteiger partial charge in [-0.25, -0.2) is 9.59 Å². The first kappa shape index (κ1) is 21.0. The molecule has 2 aromatic carbocycles. The number of methoxy groups -OCH3 is 1. The second-order valence-corrected chi connectivity index (χ2v) is 6.45. The van der Waals surface area contributed by atoms with Gasteiger partial charge in [0.1, 0.15) is 0 Å². The maximum atomic E-state index is 12.4. The predicted molar refractivity (Wildman–Crippen MR) is 107 cm³/mol. The van der Waals surface area contributed by atoms with Crippen LogP contribution in [0.3, 0.4) is 0 Å². The summed E-state index contributed by atoms with van der Waals surface area (Å²) in [6.07, 6.45) is -0.622. The van der Waals surface area contributed by atoms with E-state index in [0.717, 1.165) is 5.56 Å². The molecule has 0 aliphatic heterocycles. The van der Waals surface area contributed by atoms with Gasteiger partial charge < -0.3 is 14.8 Å². The average molecular weight is 384 g/mol. The van der Waals surface area contributed by atoms with Gasteiger partial charge in [0.15, 0.2) is 6.61 Å². The molecule has 7 nitrogen and oxygen atoms in total. The van der Waals surface area contributed by atoms with E-state index in [4.69, 9.17) is 4.74 Å². The lowest BCUT2D eigenvalue weighted by molar-refractivity contribution is -0.119. The molecular weight excluding hydrogens is 360 g/mol. The van der Waals surface area contributed by atoms with E-state index in [1.54, 1.807) is 30.3 Å². The molecule has 0 unspecified atom stereocenters. The molecule has 0 atom stereocenters. The summed E-state index contributed by atoms with van der Waals surface area (Å²) in [5, 5.41) is 2.68. The molecule has 0 aromatic heterocycles. The average Bonchev–Trinajstić information content (AvgIpc) is 2.71. The van der Waals surface area contributed by atoms with Crippen LogP contribution >= 0.6 is 0 Å². The van der Waals surface area contributed by atoms with Crippen molar-refractivity contribution in [2.24, 2.45) is 0 Å². The summed E-state index contributed by atoms with van der Waals surface area (Å²) in [5.41, 5.74) is 2.26. The Bertz CT molecular complexity index is 846. The maximum absolute atomic E-state index is 12.4. The van der Waals surface area contributed by atoms with Crippen molar-refractivity contribution in [3.8, 4) is 0 Å². The first-order chi connectivity index (χ1) is 13.3. The molecule has 0 heterocycles. The van der Waals surface area contributed by atoms with Crippen molar-refractivity contribution in [3.63, 3.8) is 0 Å². The molecule has 2 aromatic rings. The molecule has 1 N–H and O–H groups in total. The number of hydrogen-bond acceptors (Lipinski definition) is 5. The van der Waals surface area contributed by atoms with E-state index >= 15 is 0 Å². The number of anilines is 2. The zero-order chi connectivity index (χ0) is 20.7. The highest BCUT2D eigenvalue weighted by atomic mass is 16.5. The summed E-state index contributed by atoms with van der Waals surface area (Å²) in [4.78, 5) is 37.3. The van der Waals surface area contributed by atoms with Crippen LogP contribution in [0.25, 0.3) is 0 Å². The summed E-state index contributed by atoms with van der Waals surface area (Å²) in [7, 11) is 2.73. The number of ether oxygens (including phenoxy) is 2. The molecule has 28 heavy (non-hydrogen) atoms. The fraction of sp³-hybridized carbons (Fsp3) is 0.286. The van der Waals surface area contributed by atoms with Gasteiger partial charge in [0.25, 0.3) is 5.91 Å². The number of benzene rings is 2. The van der Waals surface area contributed by atoms with Gasteiger partial charge in [-0.05, 0) is 35.7 Å². The number of carbonyl (C=O) groups excluding carboxylic acids is 3. The standard InChI is InChI=1S/C21H24N2O5/c1-14(2)15-9-11-16(12-10-15)22-19(24)13-28-20(25)17-7-5-6-8-18(17)23(3)21(26)27-4/h5-12,14H,13H2,1-4H3,(H,22,24). The lowest BCUT2D eigenvalue weighted by Crippen LogP contribution is -2.28. The fourth-order valence-corrected chi connectivity index (χ4v) is 2.53. The van der Waals surface area contributed by atoms with Gasteiger partial charge in [-0.3, -0.25) is 9.69 Å². The highest BCUT2D eigenvalue weighted by Gasteiger charge is 2.20. The number of amides is 2. The molecule has 2 amide bonds. The summed E-state index contributed by atoms with van der Waals surface area (Å²) < 4.78 is 9.76. The summed E-state index contributed by atoms with van der Waals surface area (Å²) in [6, 6.07) is 13.9. The molecule has 0 aliphatic rings. The van der Waals surface area contributed by atoms with E-state index in [-0.39, 0.29) is 5.56 Å². The number of rotatable bonds is 6. The molecule has 0 radical (unpaired) electrons. The number of nitrogens with zero attached hydrogens (tertiary/aromatic N) is 1. The zero-order valence-electron chi connectivity index (χ0n) is 16.4. The third-order valence-corrected chi connectivity index (χ3v) is 4.13. The smallest absolute Gasteiger partial charge is 0.413 e. The Balaban J connectivity index is 1.98. The Morgan fingerprint density at radius 3 is 2.29 bits per heavy atom. The van der Waals surface area contributed by atoms with Crippen molar-refractivity contribution in [2.75, 3.05) is 31.0 Å². The van der Waals surface area contributed by atoms with Crippen LogP contribution in [0.4, 0.5) is 16.2 Å². The second-order valence-electron chi connectivity index (χ2n) is 6.45. The molecular formula is C21H24N2O5. The normalized spacial score (nSPS) is 10.3. The Morgan fingerprint density at radius 2 is 1.68 bits per heavy atom. The highest BCUT2D eigenvalue weighted by Crippen LogP contribution is 2.21. The quantitative estimate of drug-likeness (QED) is 0.766. The number of hydrogen-bond donors (Lipinski definition) is 1. The van der Waals surface area contributed by atoms with Gasteiger partial charge in [-0.15, -0.1) is 0 Å². The van der Waals surface area contributed by atoms with Crippen LogP contribution in [-0.4, -0.2) is 38.7 Å². The second kappa shape index (κ2) is 9.55. The minimum Gasteiger partial charge on any atom is -0.452 e. The third-order valence-electron chi connectivity index (χ3n) is 4.13. The van der Waals surface area contributed by atoms with Crippen LogP contribution in [0.1, 0.15) is 35.7 Å². The Hall–Kier alpha value is -3.35. The van der Waals surface area contributed by atoms with Crippen molar-refractivity contribution < 1.29 is 23.9 Å². The first-order valence-corrected chi connectivity index (χ1v) is 8.81. The predicted octanol–water partition coefficient (Wildman–Crippen LogP) is 3.81. The third kappa shape index (κ3) is 5.33. The summed E-state index contributed by atoms with van der Waals surface area (Å²) in [6.45, 7) is 3.73. The molecule has 0 bridgehead atoms. The molecule has 0 spiro atoms. The van der Waals surface area contributed by atoms with Crippen LogP contribution in [0.2, 0.25) is 0 Å². The number of carbonyl (C=O) groups is 3. The van der Waals surface area contributed by atoms with Gasteiger partial charge in [0, 0.05) is 12.7 Å². The SMILES string of the molecule is COC(=O)N(C)c1ccccc1C(=O)OCC(=O)Nc1ccc(C(C)C)cc1. The van der Waals surface area contributed by atoms with E-state index < -0.39 is 24.6 Å². The molecule has 0 saturated heterocycles. The Kier molecular flexibility index (Phi) is 7.14. The summed E-state index contributed by atoms with van der Waals surface area (Å²) in [5.74, 6) is -0.769. The van der Waals surface area contributed by atoms with Crippen molar-refractivity contribution in [1.82, 2.24) is 0 Å². The Morgan fingerprint density at radius 1 is 1.04 bits per heavy atom. The van der Waals surface area contributed by atoms with Crippen LogP contribution < -0.4 is 10.2 Å². The lowest BCUT2D eigenvalue weighted by Gasteiger charge is -2.18.